The molecule has 21 heavy (non-hydrogen) atoms. The van der Waals surface area contributed by atoms with E-state index in [1.165, 1.54) is 16.4 Å². The van der Waals surface area contributed by atoms with Crippen LogP contribution in [0, 0.1) is 0 Å². The Labute approximate surface area is 125 Å². The first kappa shape index (κ1) is 16.2. The van der Waals surface area contributed by atoms with Gasteiger partial charge in [-0.25, -0.2) is 8.42 Å². The second-order valence-corrected chi connectivity index (χ2v) is 7.06. The van der Waals surface area contributed by atoms with Crippen molar-refractivity contribution in [3.8, 4) is 5.75 Å². The Morgan fingerprint density at radius 3 is 2.33 bits per heavy atom. The third-order valence-corrected chi connectivity index (χ3v) is 5.05. The van der Waals surface area contributed by atoms with E-state index in [2.05, 4.69) is 0 Å². The monoisotopic (exact) mass is 315 g/mol. The zero-order valence-corrected chi connectivity index (χ0v) is 13.0. The molecular weight excluding hydrogens is 294 g/mol. The van der Waals surface area contributed by atoms with Gasteiger partial charge in [-0.1, -0.05) is 0 Å². The van der Waals surface area contributed by atoms with Gasteiger partial charge in [-0.05, 0) is 38.1 Å². The van der Waals surface area contributed by atoms with Crippen LogP contribution in [0.1, 0.15) is 13.8 Å². The average molecular weight is 315 g/mol. The molecular formula is C14H21NO5S. The van der Waals surface area contributed by atoms with Gasteiger partial charge in [0.15, 0.2) is 0 Å². The Balaban J connectivity index is 2.15. The number of sulfonamides is 1. The number of aliphatic hydroxyl groups excluding tert-OH is 1. The second kappa shape index (κ2) is 6.74. The highest BCUT2D eigenvalue weighted by Gasteiger charge is 2.32. The molecule has 7 heteroatoms. The summed E-state index contributed by atoms with van der Waals surface area (Å²) < 4.78 is 37.4. The van der Waals surface area contributed by atoms with E-state index in [9.17, 15) is 8.42 Å². The standard InChI is InChI=1S/C14H21NO5S/c1-11-9-15(10-12(2)20-11)21(17,18)14-5-3-13(4-6-14)19-8-7-16/h3-6,11-12,16H,7-10H2,1-2H3. The number of nitrogens with zero attached hydrogens (tertiary/aromatic N) is 1. The summed E-state index contributed by atoms with van der Waals surface area (Å²) in [5.41, 5.74) is 0. The van der Waals surface area contributed by atoms with Crippen LogP contribution in [0.4, 0.5) is 0 Å². The van der Waals surface area contributed by atoms with Crippen LogP contribution in [-0.4, -0.2) is 56.3 Å². The van der Waals surface area contributed by atoms with Crippen molar-refractivity contribution in [2.75, 3.05) is 26.3 Å². The van der Waals surface area contributed by atoms with Gasteiger partial charge in [0, 0.05) is 13.1 Å². The number of aliphatic hydroxyl groups is 1. The fraction of sp³-hybridized carbons (Fsp3) is 0.571. The van der Waals surface area contributed by atoms with Crippen LogP contribution in [0.25, 0.3) is 0 Å². The van der Waals surface area contributed by atoms with Crippen molar-refractivity contribution in [3.05, 3.63) is 24.3 Å². The van der Waals surface area contributed by atoms with Crippen molar-refractivity contribution in [2.45, 2.75) is 31.0 Å². The lowest BCUT2D eigenvalue weighted by Crippen LogP contribution is -2.48. The van der Waals surface area contributed by atoms with Crippen LogP contribution in [0.5, 0.6) is 5.75 Å². The van der Waals surface area contributed by atoms with Crippen molar-refractivity contribution >= 4 is 10.0 Å². The zero-order valence-electron chi connectivity index (χ0n) is 12.2. The Bertz CT molecular complexity index is 547. The molecule has 0 aromatic heterocycles. The van der Waals surface area contributed by atoms with Gasteiger partial charge in [0.1, 0.15) is 12.4 Å². The van der Waals surface area contributed by atoms with Gasteiger partial charge in [0.25, 0.3) is 0 Å². The van der Waals surface area contributed by atoms with Crippen molar-refractivity contribution in [1.29, 1.82) is 0 Å². The normalized spacial score (nSPS) is 24.0. The van der Waals surface area contributed by atoms with Crippen LogP contribution < -0.4 is 4.74 Å². The minimum Gasteiger partial charge on any atom is -0.491 e. The second-order valence-electron chi connectivity index (χ2n) is 5.12. The van der Waals surface area contributed by atoms with E-state index in [1.54, 1.807) is 12.1 Å². The molecule has 1 heterocycles. The van der Waals surface area contributed by atoms with Gasteiger partial charge in [0.05, 0.1) is 23.7 Å². The Kier molecular flexibility index (Phi) is 5.21. The van der Waals surface area contributed by atoms with Crippen molar-refractivity contribution < 1.29 is 23.0 Å². The van der Waals surface area contributed by atoms with Gasteiger partial charge in [-0.15, -0.1) is 0 Å². The molecule has 1 N–H and O–H groups in total. The Hall–Kier alpha value is -1.15. The van der Waals surface area contributed by atoms with Crippen molar-refractivity contribution in [1.82, 2.24) is 4.31 Å². The molecule has 0 bridgehead atoms. The quantitative estimate of drug-likeness (QED) is 0.872. The number of rotatable bonds is 5. The molecule has 1 aromatic rings. The summed E-state index contributed by atoms with van der Waals surface area (Å²) in [6.07, 6.45) is -0.230. The predicted molar refractivity (Wildman–Crippen MR) is 77.8 cm³/mol. The smallest absolute Gasteiger partial charge is 0.243 e. The number of benzene rings is 1. The first-order valence-electron chi connectivity index (χ1n) is 6.93. The van der Waals surface area contributed by atoms with Gasteiger partial charge >= 0.3 is 0 Å². The molecule has 2 rings (SSSR count). The van der Waals surface area contributed by atoms with Gasteiger partial charge in [-0.2, -0.15) is 4.31 Å². The highest BCUT2D eigenvalue weighted by molar-refractivity contribution is 7.89. The zero-order chi connectivity index (χ0) is 15.5. The molecule has 1 aliphatic rings. The molecule has 1 fully saturated rings. The molecule has 0 radical (unpaired) electrons. The Morgan fingerprint density at radius 1 is 1.24 bits per heavy atom. The fourth-order valence-corrected chi connectivity index (χ4v) is 3.94. The predicted octanol–water partition coefficient (Wildman–Crippen LogP) is 0.856. The summed E-state index contributed by atoms with van der Waals surface area (Å²) >= 11 is 0. The molecule has 0 saturated carbocycles. The minimum atomic E-state index is -3.52. The van der Waals surface area contributed by atoms with E-state index >= 15 is 0 Å². The maximum atomic E-state index is 12.6. The maximum Gasteiger partial charge on any atom is 0.243 e. The van der Waals surface area contributed by atoms with E-state index in [4.69, 9.17) is 14.6 Å². The summed E-state index contributed by atoms with van der Waals surface area (Å²) in [7, 11) is -3.52. The van der Waals surface area contributed by atoms with Crippen molar-refractivity contribution in [3.63, 3.8) is 0 Å². The van der Waals surface area contributed by atoms with Crippen LogP contribution >= 0.6 is 0 Å². The molecule has 1 saturated heterocycles. The number of hydrogen-bond acceptors (Lipinski definition) is 5. The fourth-order valence-electron chi connectivity index (χ4n) is 2.35. The maximum absolute atomic E-state index is 12.6. The topological polar surface area (TPSA) is 76.1 Å². The van der Waals surface area contributed by atoms with Crippen LogP contribution in [-0.2, 0) is 14.8 Å². The van der Waals surface area contributed by atoms with Crippen LogP contribution in [0.3, 0.4) is 0 Å². The highest BCUT2D eigenvalue weighted by atomic mass is 32.2. The summed E-state index contributed by atoms with van der Waals surface area (Å²) in [6, 6.07) is 6.23. The molecule has 1 aliphatic heterocycles. The van der Waals surface area contributed by atoms with E-state index in [0.717, 1.165) is 0 Å². The van der Waals surface area contributed by atoms with E-state index in [0.29, 0.717) is 18.8 Å². The minimum absolute atomic E-state index is 0.0798. The van der Waals surface area contributed by atoms with Gasteiger partial charge in [-0.3, -0.25) is 0 Å². The largest absolute Gasteiger partial charge is 0.491 e. The van der Waals surface area contributed by atoms with E-state index in [-0.39, 0.29) is 30.3 Å². The number of ether oxygens (including phenoxy) is 2. The van der Waals surface area contributed by atoms with Gasteiger partial charge < -0.3 is 14.6 Å². The summed E-state index contributed by atoms with van der Waals surface area (Å²) in [6.45, 7) is 4.55. The molecule has 0 amide bonds. The van der Waals surface area contributed by atoms with E-state index < -0.39 is 10.0 Å². The first-order valence-corrected chi connectivity index (χ1v) is 8.37. The molecule has 0 aliphatic carbocycles. The summed E-state index contributed by atoms with van der Waals surface area (Å²) in [5.74, 6) is 0.534. The third-order valence-electron chi connectivity index (χ3n) is 3.21. The lowest BCUT2D eigenvalue weighted by Gasteiger charge is -2.34. The Morgan fingerprint density at radius 2 is 1.81 bits per heavy atom. The molecule has 118 valence electrons. The van der Waals surface area contributed by atoms with Gasteiger partial charge in [0.2, 0.25) is 10.0 Å². The first-order chi connectivity index (χ1) is 9.93. The average Bonchev–Trinajstić information content (AvgIpc) is 2.44. The highest BCUT2D eigenvalue weighted by Crippen LogP contribution is 2.23. The molecule has 2 unspecified atom stereocenters. The number of hydrogen-bond donors (Lipinski definition) is 1. The number of morpholine rings is 1. The summed E-state index contributed by atoms with van der Waals surface area (Å²) in [4.78, 5) is 0.236. The van der Waals surface area contributed by atoms with Crippen LogP contribution in [0.15, 0.2) is 29.2 Å². The lowest BCUT2D eigenvalue weighted by molar-refractivity contribution is -0.0440. The van der Waals surface area contributed by atoms with Crippen LogP contribution in [0.2, 0.25) is 0 Å². The lowest BCUT2D eigenvalue weighted by atomic mass is 10.3. The van der Waals surface area contributed by atoms with Crippen molar-refractivity contribution in [2.24, 2.45) is 0 Å². The summed E-state index contributed by atoms with van der Waals surface area (Å²) in [5, 5.41) is 8.69. The molecule has 1 aromatic carbocycles. The molecule has 2 atom stereocenters. The molecule has 0 spiro atoms. The van der Waals surface area contributed by atoms with E-state index in [1.807, 2.05) is 13.8 Å². The molecule has 6 nitrogen and oxygen atoms in total. The SMILES string of the molecule is CC1CN(S(=O)(=O)c2ccc(OCCO)cc2)CC(C)O1. The third kappa shape index (κ3) is 3.94.